The summed E-state index contributed by atoms with van der Waals surface area (Å²) in [6.45, 7) is 1.71. The Morgan fingerprint density at radius 3 is 2.40 bits per heavy atom. The van der Waals surface area contributed by atoms with Crippen molar-refractivity contribution in [1.29, 1.82) is 0 Å². The zero-order chi connectivity index (χ0) is 20.9. The van der Waals surface area contributed by atoms with Crippen LogP contribution in [0.15, 0.2) is 78.9 Å². The van der Waals surface area contributed by atoms with Crippen molar-refractivity contribution in [3.63, 3.8) is 0 Å². The van der Waals surface area contributed by atoms with E-state index in [1.165, 1.54) is 0 Å². The second-order valence-corrected chi connectivity index (χ2v) is 7.65. The fraction of sp³-hybridized carbons (Fsp3) is 0.160. The minimum atomic E-state index is -0.912. The first-order chi connectivity index (χ1) is 14.6. The molecule has 0 unspecified atom stereocenters. The number of carboxylic acids is 1. The predicted molar refractivity (Wildman–Crippen MR) is 121 cm³/mol. The van der Waals surface area contributed by atoms with E-state index in [2.05, 4.69) is 5.32 Å². The Morgan fingerprint density at radius 1 is 0.933 bits per heavy atom. The Balaban J connectivity index is 1.61. The molecule has 0 aliphatic rings. The molecule has 0 spiro atoms. The molecule has 0 saturated carbocycles. The average molecular weight is 419 g/mol. The smallest absolute Gasteiger partial charge is 0.352 e. The molecule has 152 valence electrons. The van der Waals surface area contributed by atoms with Crippen LogP contribution < -0.4 is 5.32 Å². The first-order valence-corrected chi connectivity index (χ1v) is 10.3. The van der Waals surface area contributed by atoms with Gasteiger partial charge in [0.1, 0.15) is 5.69 Å². The van der Waals surface area contributed by atoms with E-state index in [-0.39, 0.29) is 0 Å². The van der Waals surface area contributed by atoms with Crippen LogP contribution in [-0.4, -0.2) is 22.2 Å². The summed E-state index contributed by atoms with van der Waals surface area (Å²) in [6.07, 6.45) is 0.782. The van der Waals surface area contributed by atoms with Crippen molar-refractivity contribution in [3.8, 4) is 0 Å². The van der Waals surface area contributed by atoms with E-state index in [1.807, 2.05) is 83.4 Å². The van der Waals surface area contributed by atoms with E-state index >= 15 is 0 Å². The van der Waals surface area contributed by atoms with Gasteiger partial charge in [-0.1, -0.05) is 78.3 Å². The van der Waals surface area contributed by atoms with Crippen LogP contribution in [0.2, 0.25) is 5.02 Å². The summed E-state index contributed by atoms with van der Waals surface area (Å²) in [5.74, 6) is -0.912. The maximum absolute atomic E-state index is 12.2. The molecule has 1 heterocycles. The minimum absolute atomic E-state index is 0.338. The summed E-state index contributed by atoms with van der Waals surface area (Å²) < 4.78 is 1.90. The molecule has 4 nitrogen and oxygen atoms in total. The molecule has 3 aromatic carbocycles. The van der Waals surface area contributed by atoms with Crippen LogP contribution in [0.25, 0.3) is 10.9 Å². The number of fused-ring (bicyclic) bond motifs is 1. The van der Waals surface area contributed by atoms with Gasteiger partial charge in [-0.25, -0.2) is 4.79 Å². The van der Waals surface area contributed by atoms with Crippen molar-refractivity contribution in [1.82, 2.24) is 9.88 Å². The van der Waals surface area contributed by atoms with Crippen LogP contribution in [0.1, 0.15) is 27.2 Å². The lowest BCUT2D eigenvalue weighted by Crippen LogP contribution is -2.19. The van der Waals surface area contributed by atoms with Gasteiger partial charge >= 0.3 is 5.97 Å². The Morgan fingerprint density at radius 2 is 1.63 bits per heavy atom. The quantitative estimate of drug-likeness (QED) is 0.378. The second-order valence-electron chi connectivity index (χ2n) is 7.24. The Labute approximate surface area is 180 Å². The summed E-state index contributed by atoms with van der Waals surface area (Å²) in [5.41, 5.74) is 4.23. The lowest BCUT2D eigenvalue weighted by molar-refractivity contribution is 0.0685. The minimum Gasteiger partial charge on any atom is -0.477 e. The fourth-order valence-electron chi connectivity index (χ4n) is 3.87. The molecule has 0 fully saturated rings. The number of para-hydroxylation sites is 1. The van der Waals surface area contributed by atoms with Crippen LogP contribution in [-0.2, 0) is 19.5 Å². The molecule has 30 heavy (non-hydrogen) atoms. The number of nitrogens with zero attached hydrogens (tertiary/aromatic N) is 1. The third-order valence-electron chi connectivity index (χ3n) is 5.29. The molecule has 1 aromatic heterocycles. The maximum atomic E-state index is 12.2. The average Bonchev–Trinajstić information content (AvgIpc) is 3.07. The van der Waals surface area contributed by atoms with Gasteiger partial charge in [0.15, 0.2) is 0 Å². The van der Waals surface area contributed by atoms with Crippen LogP contribution >= 0.6 is 11.6 Å². The first kappa shape index (κ1) is 20.2. The van der Waals surface area contributed by atoms with E-state index in [4.69, 9.17) is 11.6 Å². The van der Waals surface area contributed by atoms with Gasteiger partial charge in [0, 0.05) is 34.6 Å². The van der Waals surface area contributed by atoms with Gasteiger partial charge in [-0.2, -0.15) is 0 Å². The topological polar surface area (TPSA) is 54.3 Å². The second kappa shape index (κ2) is 9.16. The highest BCUT2D eigenvalue weighted by atomic mass is 35.5. The molecule has 5 heteroatoms. The SMILES string of the molecule is O=C(O)c1c(CNCCc2ccccc2Cl)c2ccccc2n1Cc1ccccc1. The van der Waals surface area contributed by atoms with Crippen LogP contribution in [0, 0.1) is 0 Å². The van der Waals surface area contributed by atoms with Gasteiger partial charge in [-0.15, -0.1) is 0 Å². The van der Waals surface area contributed by atoms with Gasteiger partial charge in [0.25, 0.3) is 0 Å². The normalized spacial score (nSPS) is 11.1. The Kier molecular flexibility index (Phi) is 6.17. The number of hydrogen-bond acceptors (Lipinski definition) is 2. The molecular formula is C25H23ClN2O2. The van der Waals surface area contributed by atoms with Gasteiger partial charge < -0.3 is 15.0 Å². The molecule has 0 aliphatic heterocycles. The number of hydrogen-bond donors (Lipinski definition) is 2. The summed E-state index contributed by atoms with van der Waals surface area (Å²) in [4.78, 5) is 12.2. The third kappa shape index (κ3) is 4.25. The standard InChI is InChI=1S/C25H23ClN2O2/c26-22-12-6-4-10-19(22)14-15-27-16-21-20-11-5-7-13-23(20)28(24(21)25(29)30)17-18-8-2-1-3-9-18/h1-13,27H,14-17H2,(H,29,30). The highest BCUT2D eigenvalue weighted by Crippen LogP contribution is 2.27. The molecule has 0 saturated heterocycles. The molecule has 2 N–H and O–H groups in total. The molecule has 0 amide bonds. The lowest BCUT2D eigenvalue weighted by atomic mass is 10.1. The number of halogens is 1. The maximum Gasteiger partial charge on any atom is 0.352 e. The van der Waals surface area contributed by atoms with E-state index in [1.54, 1.807) is 0 Å². The summed E-state index contributed by atoms with van der Waals surface area (Å²) in [5, 5.41) is 15.2. The third-order valence-corrected chi connectivity index (χ3v) is 5.66. The summed E-state index contributed by atoms with van der Waals surface area (Å²) in [7, 11) is 0. The van der Waals surface area contributed by atoms with Crippen LogP contribution in [0.5, 0.6) is 0 Å². The molecule has 4 rings (SSSR count). The van der Waals surface area contributed by atoms with Crippen LogP contribution in [0.4, 0.5) is 0 Å². The number of carboxylic acid groups (broad SMARTS) is 1. The molecule has 0 radical (unpaired) electrons. The summed E-state index contributed by atoms with van der Waals surface area (Å²) in [6, 6.07) is 25.6. The fourth-order valence-corrected chi connectivity index (χ4v) is 4.10. The number of nitrogens with one attached hydrogen (secondary N) is 1. The predicted octanol–water partition coefficient (Wildman–Crippen LogP) is 5.37. The van der Waals surface area contributed by atoms with Crippen molar-refractivity contribution in [2.24, 2.45) is 0 Å². The van der Waals surface area contributed by atoms with Crippen molar-refractivity contribution < 1.29 is 9.90 Å². The largest absolute Gasteiger partial charge is 0.477 e. The molecule has 4 aromatic rings. The number of aromatic carboxylic acids is 1. The van der Waals surface area contributed by atoms with Crippen molar-refractivity contribution in [2.45, 2.75) is 19.5 Å². The van der Waals surface area contributed by atoms with Crippen molar-refractivity contribution in [3.05, 3.63) is 106 Å². The van der Waals surface area contributed by atoms with Crippen molar-refractivity contribution >= 4 is 28.5 Å². The van der Waals surface area contributed by atoms with Crippen LogP contribution in [0.3, 0.4) is 0 Å². The van der Waals surface area contributed by atoms with Gasteiger partial charge in [0.2, 0.25) is 0 Å². The Hall–Kier alpha value is -3.08. The highest BCUT2D eigenvalue weighted by molar-refractivity contribution is 6.31. The number of carbonyl (C=O) groups is 1. The number of benzene rings is 3. The lowest BCUT2D eigenvalue weighted by Gasteiger charge is -2.10. The monoisotopic (exact) mass is 418 g/mol. The molecule has 0 aliphatic carbocycles. The zero-order valence-electron chi connectivity index (χ0n) is 16.5. The van der Waals surface area contributed by atoms with Gasteiger partial charge in [-0.3, -0.25) is 0 Å². The van der Waals surface area contributed by atoms with Crippen molar-refractivity contribution in [2.75, 3.05) is 6.54 Å². The number of rotatable bonds is 8. The van der Waals surface area contributed by atoms with E-state index < -0.39 is 5.97 Å². The molecule has 0 atom stereocenters. The number of aromatic nitrogens is 1. The zero-order valence-corrected chi connectivity index (χ0v) is 17.3. The summed E-state index contributed by atoms with van der Waals surface area (Å²) >= 11 is 6.24. The molecule has 0 bridgehead atoms. The van der Waals surface area contributed by atoms with E-state index in [0.29, 0.717) is 25.3 Å². The Bertz CT molecular complexity index is 1170. The first-order valence-electron chi connectivity index (χ1n) is 9.96. The highest BCUT2D eigenvalue weighted by Gasteiger charge is 2.22. The van der Waals surface area contributed by atoms with Gasteiger partial charge in [-0.05, 0) is 36.2 Å². The molecular weight excluding hydrogens is 396 g/mol. The van der Waals surface area contributed by atoms with E-state index in [9.17, 15) is 9.90 Å². The van der Waals surface area contributed by atoms with E-state index in [0.717, 1.165) is 39.0 Å². The van der Waals surface area contributed by atoms with Gasteiger partial charge in [0.05, 0.1) is 0 Å².